The fourth-order valence-corrected chi connectivity index (χ4v) is 2.31. The highest BCUT2D eigenvalue weighted by molar-refractivity contribution is 5.73. The van der Waals surface area contributed by atoms with Crippen LogP contribution < -0.4 is 0 Å². The van der Waals surface area contributed by atoms with Gasteiger partial charge >= 0.3 is 5.97 Å². The Hall–Kier alpha value is -1.39. The second-order valence-electron chi connectivity index (χ2n) is 5.10. The van der Waals surface area contributed by atoms with Gasteiger partial charge in [-0.3, -0.25) is 4.79 Å². The summed E-state index contributed by atoms with van der Waals surface area (Å²) in [5.74, 6) is -0.949. The molecule has 1 rings (SSSR count). The van der Waals surface area contributed by atoms with Crippen molar-refractivity contribution in [1.82, 2.24) is 0 Å². The van der Waals surface area contributed by atoms with E-state index in [1.807, 2.05) is 38.1 Å². The Morgan fingerprint density at radius 3 is 2.50 bits per heavy atom. The quantitative estimate of drug-likeness (QED) is 0.780. The molecule has 2 atom stereocenters. The molecule has 0 radical (unpaired) electrons. The molecule has 4 heteroatoms. The van der Waals surface area contributed by atoms with E-state index < -0.39 is 12.0 Å². The molecular weight excluding hydrogens is 256 g/mol. The third-order valence-electron chi connectivity index (χ3n) is 3.29. The van der Waals surface area contributed by atoms with Crippen LogP contribution in [0.25, 0.3) is 0 Å². The predicted molar refractivity (Wildman–Crippen MR) is 77.1 cm³/mol. The summed E-state index contributed by atoms with van der Waals surface area (Å²) < 4.78 is 10.2. The smallest absolute Gasteiger partial charge is 0.312 e. The van der Waals surface area contributed by atoms with Crippen molar-refractivity contribution in [2.75, 3.05) is 13.7 Å². The summed E-state index contributed by atoms with van der Waals surface area (Å²) in [5.41, 5.74) is 1.61. The first-order valence-corrected chi connectivity index (χ1v) is 6.94. The van der Waals surface area contributed by atoms with Gasteiger partial charge in [-0.05, 0) is 24.0 Å². The monoisotopic (exact) mass is 280 g/mol. The summed E-state index contributed by atoms with van der Waals surface area (Å²) in [7, 11) is 1.61. The summed E-state index contributed by atoms with van der Waals surface area (Å²) in [6.45, 7) is 6.30. The average molecular weight is 280 g/mol. The van der Waals surface area contributed by atoms with E-state index in [0.29, 0.717) is 13.2 Å². The molecule has 0 aromatic heterocycles. The minimum Gasteiger partial charge on any atom is -0.466 e. The maximum absolute atomic E-state index is 12.1. The van der Waals surface area contributed by atoms with Gasteiger partial charge in [-0.1, -0.05) is 38.1 Å². The Bertz CT molecular complexity index is 428. The molecular formula is C16H24O4. The Labute approximate surface area is 120 Å². The van der Waals surface area contributed by atoms with Gasteiger partial charge in [-0.2, -0.15) is 0 Å². The van der Waals surface area contributed by atoms with Crippen molar-refractivity contribution in [1.29, 1.82) is 0 Å². The highest BCUT2D eigenvalue weighted by atomic mass is 16.5. The van der Waals surface area contributed by atoms with Crippen LogP contribution in [0.3, 0.4) is 0 Å². The van der Waals surface area contributed by atoms with Crippen molar-refractivity contribution in [2.45, 2.75) is 33.5 Å². The van der Waals surface area contributed by atoms with Crippen LogP contribution in [-0.2, 0) is 20.9 Å². The second-order valence-corrected chi connectivity index (χ2v) is 5.10. The van der Waals surface area contributed by atoms with E-state index in [-0.39, 0.29) is 11.9 Å². The zero-order chi connectivity index (χ0) is 15.1. The Balaban J connectivity index is 3.06. The van der Waals surface area contributed by atoms with E-state index >= 15 is 0 Å². The number of carbonyl (C=O) groups excluding carboxylic acids is 1. The minimum atomic E-state index is -0.889. The molecule has 0 heterocycles. The van der Waals surface area contributed by atoms with Crippen LogP contribution in [0.4, 0.5) is 0 Å². The molecule has 20 heavy (non-hydrogen) atoms. The number of hydrogen-bond donors (Lipinski definition) is 1. The third-order valence-corrected chi connectivity index (χ3v) is 3.29. The molecule has 0 amide bonds. The highest BCUT2D eigenvalue weighted by Gasteiger charge is 2.33. The van der Waals surface area contributed by atoms with Gasteiger partial charge in [0.1, 0.15) is 0 Å². The van der Waals surface area contributed by atoms with Gasteiger partial charge in [-0.15, -0.1) is 0 Å². The lowest BCUT2D eigenvalue weighted by Crippen LogP contribution is -2.29. The van der Waals surface area contributed by atoms with E-state index in [1.165, 1.54) is 0 Å². The maximum Gasteiger partial charge on any atom is 0.312 e. The van der Waals surface area contributed by atoms with Gasteiger partial charge in [0.25, 0.3) is 0 Å². The molecule has 0 fully saturated rings. The molecule has 0 saturated heterocycles. The van der Waals surface area contributed by atoms with Crippen LogP contribution in [0.2, 0.25) is 0 Å². The van der Waals surface area contributed by atoms with Crippen molar-refractivity contribution in [3.05, 3.63) is 35.4 Å². The zero-order valence-corrected chi connectivity index (χ0v) is 12.6. The SMILES string of the molecule is CCOC(=O)C(C(C)C)C(O)c1ccccc1COC. The summed E-state index contributed by atoms with van der Waals surface area (Å²) in [6, 6.07) is 7.46. The van der Waals surface area contributed by atoms with Crippen molar-refractivity contribution in [3.8, 4) is 0 Å². The number of esters is 1. The number of aliphatic hydroxyl groups excluding tert-OH is 1. The summed E-state index contributed by atoms with van der Waals surface area (Å²) in [6.07, 6.45) is -0.889. The van der Waals surface area contributed by atoms with Gasteiger partial charge in [0.2, 0.25) is 0 Å². The van der Waals surface area contributed by atoms with Gasteiger partial charge < -0.3 is 14.6 Å². The number of ether oxygens (including phenoxy) is 2. The molecule has 1 N–H and O–H groups in total. The molecule has 1 aromatic carbocycles. The van der Waals surface area contributed by atoms with Crippen LogP contribution in [0.15, 0.2) is 24.3 Å². The van der Waals surface area contributed by atoms with Crippen molar-refractivity contribution in [3.63, 3.8) is 0 Å². The number of rotatable bonds is 7. The van der Waals surface area contributed by atoms with Crippen molar-refractivity contribution < 1.29 is 19.4 Å². The maximum atomic E-state index is 12.1. The number of benzene rings is 1. The molecule has 4 nitrogen and oxygen atoms in total. The van der Waals surface area contributed by atoms with E-state index in [2.05, 4.69) is 0 Å². The van der Waals surface area contributed by atoms with Crippen LogP contribution in [0, 0.1) is 11.8 Å². The first-order chi connectivity index (χ1) is 9.52. The van der Waals surface area contributed by atoms with E-state index in [9.17, 15) is 9.90 Å². The number of hydrogen-bond acceptors (Lipinski definition) is 4. The highest BCUT2D eigenvalue weighted by Crippen LogP contribution is 2.31. The number of methoxy groups -OCH3 is 1. The molecule has 2 unspecified atom stereocenters. The van der Waals surface area contributed by atoms with Crippen molar-refractivity contribution in [2.24, 2.45) is 11.8 Å². The molecule has 0 bridgehead atoms. The lowest BCUT2D eigenvalue weighted by molar-refractivity contribution is -0.154. The first-order valence-electron chi connectivity index (χ1n) is 6.94. The van der Waals surface area contributed by atoms with Gasteiger partial charge in [0, 0.05) is 7.11 Å². The molecule has 1 aromatic rings. The topological polar surface area (TPSA) is 55.8 Å². The predicted octanol–water partition coefficient (Wildman–Crippen LogP) is 2.70. The molecule has 0 aliphatic carbocycles. The van der Waals surface area contributed by atoms with Gasteiger partial charge in [0.15, 0.2) is 0 Å². The van der Waals surface area contributed by atoms with Gasteiger partial charge in [-0.25, -0.2) is 0 Å². The third kappa shape index (κ3) is 4.05. The lowest BCUT2D eigenvalue weighted by Gasteiger charge is -2.26. The first kappa shape index (κ1) is 16.7. The fourth-order valence-electron chi connectivity index (χ4n) is 2.31. The summed E-state index contributed by atoms with van der Waals surface area (Å²) >= 11 is 0. The summed E-state index contributed by atoms with van der Waals surface area (Å²) in [5, 5.41) is 10.6. The molecule has 0 aliphatic heterocycles. The number of aliphatic hydroxyl groups is 1. The van der Waals surface area contributed by atoms with Crippen LogP contribution >= 0.6 is 0 Å². The molecule has 0 spiro atoms. The van der Waals surface area contributed by atoms with Crippen molar-refractivity contribution >= 4 is 5.97 Å². The fraction of sp³-hybridized carbons (Fsp3) is 0.562. The Morgan fingerprint density at radius 2 is 1.95 bits per heavy atom. The molecule has 0 saturated carbocycles. The summed E-state index contributed by atoms with van der Waals surface area (Å²) in [4.78, 5) is 12.1. The molecule has 0 aliphatic rings. The van der Waals surface area contributed by atoms with Crippen LogP contribution in [0.5, 0.6) is 0 Å². The lowest BCUT2D eigenvalue weighted by atomic mass is 9.85. The normalized spacial score (nSPS) is 14.1. The Kier molecular flexibility index (Phi) is 6.68. The van der Waals surface area contributed by atoms with E-state index in [0.717, 1.165) is 11.1 Å². The van der Waals surface area contributed by atoms with E-state index in [4.69, 9.17) is 9.47 Å². The zero-order valence-electron chi connectivity index (χ0n) is 12.6. The second kappa shape index (κ2) is 8.02. The minimum absolute atomic E-state index is 0.0142. The average Bonchev–Trinajstić information content (AvgIpc) is 2.39. The van der Waals surface area contributed by atoms with Crippen LogP contribution in [0.1, 0.15) is 38.0 Å². The standard InChI is InChI=1S/C16H24O4/c1-5-20-16(18)14(11(2)3)15(17)13-9-7-6-8-12(13)10-19-4/h6-9,11,14-15,17H,5,10H2,1-4H3. The van der Waals surface area contributed by atoms with Gasteiger partial charge in [0.05, 0.1) is 25.2 Å². The molecule has 112 valence electrons. The Morgan fingerprint density at radius 1 is 1.30 bits per heavy atom. The largest absolute Gasteiger partial charge is 0.466 e. The number of carbonyl (C=O) groups is 1. The van der Waals surface area contributed by atoms with Crippen LogP contribution in [-0.4, -0.2) is 24.8 Å². The van der Waals surface area contributed by atoms with E-state index in [1.54, 1.807) is 14.0 Å².